The van der Waals surface area contributed by atoms with Gasteiger partial charge in [-0.05, 0) is 77.9 Å². The first-order chi connectivity index (χ1) is 19.7. The number of rotatable bonds is 4. The zero-order chi connectivity index (χ0) is 26.9. The second kappa shape index (κ2) is 10.8. The number of nitrogens with zero attached hydrogens (tertiary/aromatic N) is 2. The van der Waals surface area contributed by atoms with Crippen LogP contribution < -0.4 is 0 Å². The third-order valence-corrected chi connectivity index (χ3v) is 8.97. The van der Waals surface area contributed by atoms with Gasteiger partial charge in [0.15, 0.2) is 5.84 Å². The summed E-state index contributed by atoms with van der Waals surface area (Å²) in [6, 6.07) is 38.0. The maximum atomic E-state index is 6.83. The summed E-state index contributed by atoms with van der Waals surface area (Å²) < 4.78 is 0. The predicted octanol–water partition coefficient (Wildman–Crippen LogP) is 10.2. The van der Waals surface area contributed by atoms with E-state index in [9.17, 15) is 0 Å². The lowest BCUT2D eigenvalue weighted by Crippen LogP contribution is -2.11. The van der Waals surface area contributed by atoms with Gasteiger partial charge in [-0.2, -0.15) is 0 Å². The molecule has 0 fully saturated rings. The van der Waals surface area contributed by atoms with Gasteiger partial charge < -0.3 is 0 Å². The van der Waals surface area contributed by atoms with E-state index in [4.69, 9.17) is 21.6 Å². The zero-order valence-electron chi connectivity index (χ0n) is 21.8. The molecule has 5 aromatic rings. The summed E-state index contributed by atoms with van der Waals surface area (Å²) >= 11 is 6.83. The van der Waals surface area contributed by atoms with Gasteiger partial charge in [-0.25, -0.2) is 4.99 Å². The molecule has 2 aliphatic rings. The first-order valence-corrected chi connectivity index (χ1v) is 14.9. The molecule has 0 saturated heterocycles. The minimum Gasteiger partial charge on any atom is -0.253 e. The number of amidine groups is 1. The molecule has 0 amide bonds. The van der Waals surface area contributed by atoms with Gasteiger partial charge in [0, 0.05) is 16.1 Å². The topological polar surface area (TPSA) is 24.7 Å². The highest BCUT2D eigenvalue weighted by Crippen LogP contribution is 2.43. The summed E-state index contributed by atoms with van der Waals surface area (Å²) in [5, 5.41) is 3.14. The molecule has 4 heteroatoms. The number of halogens is 1. The lowest BCUT2D eigenvalue weighted by Gasteiger charge is -2.22. The molecular formula is C36H26ClN2P. The number of hydrogen-bond donors (Lipinski definition) is 0. The molecule has 2 nitrogen and oxygen atoms in total. The summed E-state index contributed by atoms with van der Waals surface area (Å²) in [5.74, 6) is 0.730. The Balaban J connectivity index is 1.40. The Morgan fingerprint density at radius 2 is 1.38 bits per heavy atom. The zero-order valence-corrected chi connectivity index (χ0v) is 23.5. The molecule has 192 valence electrons. The first kappa shape index (κ1) is 24.9. The normalized spacial score (nSPS) is 16.9. The second-order valence-electron chi connectivity index (χ2n) is 9.98. The molecule has 5 aromatic carbocycles. The average Bonchev–Trinajstić information content (AvgIpc) is 3.28. The van der Waals surface area contributed by atoms with Crippen molar-refractivity contribution in [3.8, 4) is 11.1 Å². The van der Waals surface area contributed by atoms with Crippen molar-refractivity contribution in [1.82, 2.24) is 0 Å². The Morgan fingerprint density at radius 3 is 2.20 bits per heavy atom. The largest absolute Gasteiger partial charge is 0.253 e. The van der Waals surface area contributed by atoms with Crippen LogP contribution in [0.2, 0.25) is 5.02 Å². The lowest BCUT2D eigenvalue weighted by atomic mass is 9.89. The molecule has 0 spiro atoms. The van der Waals surface area contributed by atoms with E-state index in [0.29, 0.717) is 13.6 Å². The number of benzene rings is 5. The molecule has 0 bridgehead atoms. The van der Waals surface area contributed by atoms with Gasteiger partial charge in [0.1, 0.15) is 0 Å². The van der Waals surface area contributed by atoms with Crippen molar-refractivity contribution in [3.05, 3.63) is 154 Å². The predicted molar refractivity (Wildman–Crippen MR) is 174 cm³/mol. The molecule has 0 N–H and O–H groups in total. The fourth-order valence-electron chi connectivity index (χ4n) is 5.44. The van der Waals surface area contributed by atoms with Gasteiger partial charge in [-0.15, -0.1) is 0 Å². The van der Waals surface area contributed by atoms with E-state index in [-0.39, 0.29) is 5.78 Å². The van der Waals surface area contributed by atoms with Crippen LogP contribution in [0.15, 0.2) is 131 Å². The highest BCUT2D eigenvalue weighted by molar-refractivity contribution is 7.59. The average molecular weight is 553 g/mol. The minimum atomic E-state index is 0.0105. The van der Waals surface area contributed by atoms with Gasteiger partial charge in [-0.1, -0.05) is 121 Å². The van der Waals surface area contributed by atoms with Crippen LogP contribution >= 0.6 is 20.2 Å². The molecule has 1 aliphatic heterocycles. The van der Waals surface area contributed by atoms with Gasteiger partial charge in [0.05, 0.1) is 11.2 Å². The third-order valence-electron chi connectivity index (χ3n) is 7.34. The first-order valence-electron chi connectivity index (χ1n) is 13.5. The highest BCUT2D eigenvalue weighted by atomic mass is 35.5. The van der Waals surface area contributed by atoms with Crippen LogP contribution in [0.4, 0.5) is 0 Å². The van der Waals surface area contributed by atoms with E-state index in [0.717, 1.165) is 40.0 Å². The summed E-state index contributed by atoms with van der Waals surface area (Å²) in [5.41, 5.74) is 8.99. The molecule has 0 radical (unpaired) electrons. The van der Waals surface area contributed by atoms with Gasteiger partial charge in [0.2, 0.25) is 0 Å². The Labute approximate surface area is 241 Å². The van der Waals surface area contributed by atoms with E-state index in [1.807, 2.05) is 18.2 Å². The summed E-state index contributed by atoms with van der Waals surface area (Å²) in [4.78, 5) is 10.3. The fourth-order valence-corrected chi connectivity index (χ4v) is 6.99. The van der Waals surface area contributed by atoms with E-state index >= 15 is 0 Å². The molecule has 2 unspecified atom stereocenters. The van der Waals surface area contributed by atoms with Crippen molar-refractivity contribution in [2.24, 2.45) is 9.98 Å². The molecule has 1 heterocycles. The maximum absolute atomic E-state index is 6.83. The smallest absolute Gasteiger partial charge is 0.156 e. The monoisotopic (exact) mass is 552 g/mol. The molecule has 1 aliphatic carbocycles. The minimum absolute atomic E-state index is 0.0105. The van der Waals surface area contributed by atoms with Crippen LogP contribution in [0.1, 0.15) is 40.0 Å². The lowest BCUT2D eigenvalue weighted by molar-refractivity contribution is 1.02. The van der Waals surface area contributed by atoms with Crippen molar-refractivity contribution in [2.75, 3.05) is 0 Å². The van der Waals surface area contributed by atoms with Crippen molar-refractivity contribution in [2.45, 2.75) is 12.2 Å². The van der Waals surface area contributed by atoms with Crippen LogP contribution in [0, 0.1) is 0 Å². The number of aliphatic imine (C=N–C) groups is 2. The fraction of sp³-hybridized carbons (Fsp3) is 0.0556. The van der Waals surface area contributed by atoms with E-state index < -0.39 is 0 Å². The van der Waals surface area contributed by atoms with Crippen molar-refractivity contribution >= 4 is 54.4 Å². The summed E-state index contributed by atoms with van der Waals surface area (Å²) in [6.45, 7) is 0. The van der Waals surface area contributed by atoms with Gasteiger partial charge in [-0.3, -0.25) is 4.99 Å². The van der Waals surface area contributed by atoms with Crippen molar-refractivity contribution in [1.29, 1.82) is 0 Å². The van der Waals surface area contributed by atoms with E-state index in [1.165, 1.54) is 27.5 Å². The van der Waals surface area contributed by atoms with Crippen molar-refractivity contribution < 1.29 is 0 Å². The van der Waals surface area contributed by atoms with Crippen LogP contribution in [-0.4, -0.2) is 11.3 Å². The Kier molecular flexibility index (Phi) is 6.73. The van der Waals surface area contributed by atoms with Crippen LogP contribution in [0.25, 0.3) is 34.1 Å². The van der Waals surface area contributed by atoms with Gasteiger partial charge >= 0.3 is 0 Å². The number of allylic oxidation sites excluding steroid dienone is 2. The molecule has 2 atom stereocenters. The van der Waals surface area contributed by atoms with E-state index in [2.05, 4.69) is 115 Å². The third kappa shape index (κ3) is 4.86. The molecule has 40 heavy (non-hydrogen) atoms. The SMILES string of the molecule is Clc1cc(C2=NC(c3ccccc3)PC(c3ccccc3)=N2)cc(-c2cc3ccccc3c3c2C=CCC=C3)c1. The summed E-state index contributed by atoms with van der Waals surface area (Å²) in [7, 11) is 0.442. The van der Waals surface area contributed by atoms with Crippen LogP contribution in [-0.2, 0) is 0 Å². The standard InChI is InChI=1S/C36H26ClN2P/c37-29-21-27(33-23-26-16-10-11-17-30(26)31-18-8-3-9-19-32(31)33)20-28(22-29)34-38-35(24-12-4-1-5-13-24)40-36(39-34)25-14-6-2-7-15-25/h1-2,4-23,35,40H,3H2. The van der Waals surface area contributed by atoms with Gasteiger partial charge in [0.25, 0.3) is 0 Å². The second-order valence-corrected chi connectivity index (χ2v) is 11.7. The van der Waals surface area contributed by atoms with Crippen LogP contribution in [0.5, 0.6) is 0 Å². The van der Waals surface area contributed by atoms with E-state index in [1.54, 1.807) is 0 Å². The number of fused-ring (bicyclic) bond motifs is 3. The Hall–Kier alpha value is -4.10. The quantitative estimate of drug-likeness (QED) is 0.198. The van der Waals surface area contributed by atoms with Crippen LogP contribution in [0.3, 0.4) is 0 Å². The molecular weight excluding hydrogens is 527 g/mol. The molecule has 0 aromatic heterocycles. The Bertz CT molecular complexity index is 1850. The Morgan fingerprint density at radius 1 is 0.675 bits per heavy atom. The molecule has 7 rings (SSSR count). The molecule has 0 saturated carbocycles. The number of hydrogen-bond acceptors (Lipinski definition) is 2. The van der Waals surface area contributed by atoms with Crippen molar-refractivity contribution in [3.63, 3.8) is 0 Å². The highest BCUT2D eigenvalue weighted by Gasteiger charge is 2.23. The summed E-state index contributed by atoms with van der Waals surface area (Å²) in [6.07, 6.45) is 9.86. The maximum Gasteiger partial charge on any atom is 0.156 e.